The molecule has 4 aromatic rings. The van der Waals surface area contributed by atoms with E-state index in [2.05, 4.69) is 34.6 Å². The molecule has 5 rings (SSSR count). The Balaban J connectivity index is 1.50. The fraction of sp³-hybridized carbons (Fsp3) is 0.179. The molecule has 0 saturated carbocycles. The number of urea groups is 1. The Morgan fingerprint density at radius 3 is 2.17 bits per heavy atom. The van der Waals surface area contributed by atoms with E-state index in [1.165, 1.54) is 0 Å². The zero-order valence-electron chi connectivity index (χ0n) is 19.2. The third-order valence-electron chi connectivity index (χ3n) is 6.15. The lowest BCUT2D eigenvalue weighted by Gasteiger charge is -2.24. The molecule has 1 unspecified atom stereocenters. The monoisotopic (exact) mass is 465 g/mol. The summed E-state index contributed by atoms with van der Waals surface area (Å²) in [6.07, 6.45) is 6.21. The highest BCUT2D eigenvalue weighted by Gasteiger charge is 2.38. The van der Waals surface area contributed by atoms with Crippen LogP contribution in [0.25, 0.3) is 0 Å². The van der Waals surface area contributed by atoms with Crippen molar-refractivity contribution >= 4 is 11.9 Å². The first-order chi connectivity index (χ1) is 17.2. The molecule has 1 fully saturated rings. The van der Waals surface area contributed by atoms with E-state index in [9.17, 15) is 9.90 Å². The molecule has 176 valence electrons. The summed E-state index contributed by atoms with van der Waals surface area (Å²) in [7, 11) is 0. The van der Waals surface area contributed by atoms with Gasteiger partial charge >= 0.3 is 6.03 Å². The molecule has 3 aromatic carbocycles. The van der Waals surface area contributed by atoms with E-state index in [1.54, 1.807) is 24.7 Å². The SMILES string of the molecule is O=C1NC(=NC(c2ccccc2)c2ccccc2)C(c2ccc(O)cc2)N1CCCn1ccnc1. The summed E-state index contributed by atoms with van der Waals surface area (Å²) >= 11 is 0. The minimum Gasteiger partial charge on any atom is -0.508 e. The molecule has 0 aliphatic carbocycles. The van der Waals surface area contributed by atoms with E-state index in [-0.39, 0.29) is 23.9 Å². The number of amides is 2. The van der Waals surface area contributed by atoms with Crippen LogP contribution in [0.2, 0.25) is 0 Å². The van der Waals surface area contributed by atoms with Gasteiger partial charge in [-0.2, -0.15) is 0 Å². The molecule has 2 N–H and O–H groups in total. The third kappa shape index (κ3) is 5.09. The van der Waals surface area contributed by atoms with Gasteiger partial charge in [-0.1, -0.05) is 72.8 Å². The fourth-order valence-electron chi connectivity index (χ4n) is 4.44. The zero-order chi connectivity index (χ0) is 24.0. The lowest BCUT2D eigenvalue weighted by molar-refractivity contribution is 0.204. The maximum atomic E-state index is 13.1. The van der Waals surface area contributed by atoms with Crippen LogP contribution in [-0.4, -0.2) is 38.0 Å². The van der Waals surface area contributed by atoms with Crippen molar-refractivity contribution in [2.75, 3.05) is 6.54 Å². The number of rotatable bonds is 8. The van der Waals surface area contributed by atoms with Crippen LogP contribution in [0.1, 0.15) is 35.2 Å². The van der Waals surface area contributed by atoms with Crippen molar-refractivity contribution in [1.82, 2.24) is 19.8 Å². The zero-order valence-corrected chi connectivity index (χ0v) is 19.2. The Hall–Kier alpha value is -4.39. The van der Waals surface area contributed by atoms with E-state index < -0.39 is 0 Å². The normalized spacial score (nSPS) is 16.7. The highest BCUT2D eigenvalue weighted by atomic mass is 16.3. The maximum Gasteiger partial charge on any atom is 0.323 e. The van der Waals surface area contributed by atoms with Gasteiger partial charge in [-0.25, -0.2) is 9.78 Å². The lowest BCUT2D eigenvalue weighted by Crippen LogP contribution is -2.31. The van der Waals surface area contributed by atoms with E-state index in [0.29, 0.717) is 12.4 Å². The average Bonchev–Trinajstić information content (AvgIpc) is 3.52. The van der Waals surface area contributed by atoms with Gasteiger partial charge in [-0.05, 0) is 35.2 Å². The molecule has 0 radical (unpaired) electrons. The molecule has 2 heterocycles. The van der Waals surface area contributed by atoms with Crippen molar-refractivity contribution in [1.29, 1.82) is 0 Å². The van der Waals surface area contributed by atoms with Crippen molar-refractivity contribution in [3.8, 4) is 5.75 Å². The van der Waals surface area contributed by atoms with Crippen LogP contribution >= 0.6 is 0 Å². The summed E-state index contributed by atoms with van der Waals surface area (Å²) in [6, 6.07) is 26.3. The smallest absolute Gasteiger partial charge is 0.323 e. The molecule has 1 aromatic heterocycles. The van der Waals surface area contributed by atoms with Crippen molar-refractivity contribution < 1.29 is 9.90 Å². The number of hydrogen-bond donors (Lipinski definition) is 2. The van der Waals surface area contributed by atoms with Gasteiger partial charge in [0.2, 0.25) is 0 Å². The Kier molecular flexibility index (Phi) is 6.57. The molecule has 1 aliphatic heterocycles. The van der Waals surface area contributed by atoms with Gasteiger partial charge in [0.25, 0.3) is 0 Å². The van der Waals surface area contributed by atoms with Gasteiger partial charge in [0.15, 0.2) is 0 Å². The van der Waals surface area contributed by atoms with Gasteiger partial charge in [0.1, 0.15) is 23.7 Å². The summed E-state index contributed by atoms with van der Waals surface area (Å²) in [6.45, 7) is 1.31. The number of phenols is 1. The molecular weight excluding hydrogens is 438 g/mol. The largest absolute Gasteiger partial charge is 0.508 e. The van der Waals surface area contributed by atoms with Gasteiger partial charge in [-0.3, -0.25) is 10.3 Å². The maximum absolute atomic E-state index is 13.1. The van der Waals surface area contributed by atoms with Crippen LogP contribution in [0.4, 0.5) is 4.79 Å². The van der Waals surface area contributed by atoms with Crippen molar-refractivity contribution in [2.24, 2.45) is 4.99 Å². The predicted octanol–water partition coefficient (Wildman–Crippen LogP) is 4.93. The van der Waals surface area contributed by atoms with Crippen molar-refractivity contribution in [3.05, 3.63) is 120 Å². The molecule has 7 heteroatoms. The number of carbonyl (C=O) groups excluding carboxylic acids is 1. The van der Waals surface area contributed by atoms with Gasteiger partial charge < -0.3 is 14.6 Å². The first-order valence-electron chi connectivity index (χ1n) is 11.7. The number of imidazole rings is 1. The molecule has 0 spiro atoms. The van der Waals surface area contributed by atoms with Crippen molar-refractivity contribution in [2.45, 2.75) is 25.0 Å². The second kappa shape index (κ2) is 10.3. The highest BCUT2D eigenvalue weighted by Crippen LogP contribution is 2.32. The number of aromatic hydroxyl groups is 1. The Bertz CT molecular complexity index is 1230. The Morgan fingerprint density at radius 1 is 0.914 bits per heavy atom. The quantitative estimate of drug-likeness (QED) is 0.387. The van der Waals surface area contributed by atoms with Crippen LogP contribution in [0.15, 0.2) is 109 Å². The molecule has 35 heavy (non-hydrogen) atoms. The van der Waals surface area contributed by atoms with Crippen LogP contribution in [0.5, 0.6) is 5.75 Å². The number of aliphatic imine (C=N–C) groups is 1. The van der Waals surface area contributed by atoms with Crippen LogP contribution < -0.4 is 5.32 Å². The number of amidine groups is 1. The number of carbonyl (C=O) groups is 1. The summed E-state index contributed by atoms with van der Waals surface area (Å²) in [5, 5.41) is 12.9. The predicted molar refractivity (Wildman–Crippen MR) is 135 cm³/mol. The molecule has 1 atom stereocenters. The molecule has 7 nitrogen and oxygen atoms in total. The van der Waals surface area contributed by atoms with E-state index in [4.69, 9.17) is 4.99 Å². The number of phenolic OH excluding ortho intramolecular Hbond substituents is 1. The van der Waals surface area contributed by atoms with Crippen LogP contribution in [0.3, 0.4) is 0 Å². The third-order valence-corrected chi connectivity index (χ3v) is 6.15. The number of aromatic nitrogens is 2. The molecule has 2 amide bonds. The first-order valence-corrected chi connectivity index (χ1v) is 11.7. The van der Waals surface area contributed by atoms with E-state index in [1.807, 2.05) is 64.2 Å². The summed E-state index contributed by atoms with van der Waals surface area (Å²) < 4.78 is 2.00. The molecule has 0 bridgehead atoms. The summed E-state index contributed by atoms with van der Waals surface area (Å²) in [4.78, 5) is 24.2. The van der Waals surface area contributed by atoms with Crippen LogP contribution in [-0.2, 0) is 6.54 Å². The minimum absolute atomic E-state index is 0.174. The summed E-state index contributed by atoms with van der Waals surface area (Å²) in [5.74, 6) is 0.781. The number of hydrogen-bond acceptors (Lipinski definition) is 4. The second-order valence-corrected chi connectivity index (χ2v) is 8.51. The molecular formula is C28H27N5O2. The lowest BCUT2D eigenvalue weighted by atomic mass is 9.98. The Labute approximate surface area is 204 Å². The molecule has 1 saturated heterocycles. The number of aryl methyl sites for hydroxylation is 1. The number of nitrogens with zero attached hydrogens (tertiary/aromatic N) is 4. The highest BCUT2D eigenvalue weighted by molar-refractivity contribution is 6.07. The van der Waals surface area contributed by atoms with Gasteiger partial charge in [0.05, 0.1) is 6.33 Å². The van der Waals surface area contributed by atoms with Gasteiger partial charge in [-0.15, -0.1) is 0 Å². The average molecular weight is 466 g/mol. The first kappa shape index (κ1) is 22.4. The molecule has 1 aliphatic rings. The van der Waals surface area contributed by atoms with Crippen LogP contribution in [0, 0.1) is 0 Å². The summed E-state index contributed by atoms with van der Waals surface area (Å²) in [5.41, 5.74) is 2.98. The van der Waals surface area contributed by atoms with E-state index >= 15 is 0 Å². The Morgan fingerprint density at radius 2 is 1.57 bits per heavy atom. The number of benzene rings is 3. The topological polar surface area (TPSA) is 82.7 Å². The van der Waals surface area contributed by atoms with Crippen molar-refractivity contribution in [3.63, 3.8) is 0 Å². The standard InChI is InChI=1S/C28H27N5O2/c34-24-14-12-23(13-15-24)26-27(31-28(35)33(26)18-7-17-32-19-16-29-20-32)30-25(21-8-3-1-4-9-21)22-10-5-2-6-11-22/h1-6,8-16,19-20,25-26,34H,7,17-18H2,(H,30,31,35). The van der Waals surface area contributed by atoms with Gasteiger partial charge in [0, 0.05) is 25.5 Å². The number of nitrogens with one attached hydrogen (secondary N) is 1. The minimum atomic E-state index is -0.374. The second-order valence-electron chi connectivity index (χ2n) is 8.51. The van der Waals surface area contributed by atoms with E-state index in [0.717, 1.165) is 29.7 Å². The fourth-order valence-corrected chi connectivity index (χ4v) is 4.44.